The van der Waals surface area contributed by atoms with Crippen LogP contribution < -0.4 is 5.46 Å². The van der Waals surface area contributed by atoms with E-state index >= 15 is 0 Å². The predicted molar refractivity (Wildman–Crippen MR) is 52.1 cm³/mol. The van der Waals surface area contributed by atoms with Gasteiger partial charge in [0.1, 0.15) is 7.85 Å². The molecule has 0 spiro atoms. The van der Waals surface area contributed by atoms with Gasteiger partial charge in [-0.2, -0.15) is 5.53 Å². The van der Waals surface area contributed by atoms with E-state index in [2.05, 4.69) is 16.4 Å². The number of nitrogens with one attached hydrogen (secondary N) is 1. The van der Waals surface area contributed by atoms with Crippen LogP contribution in [0.25, 0.3) is 0 Å². The molecule has 3 nitrogen and oxygen atoms in total. The van der Waals surface area contributed by atoms with E-state index in [9.17, 15) is 0 Å². The summed E-state index contributed by atoms with van der Waals surface area (Å²) < 4.78 is 0. The normalized spacial score (nSPS) is 10.4. The standard InChI is InChI=1S/C8H10BN3/c1-6-4-8(9)3-2-7(6)5-11-12-10/h2-5,10H,9H2,1H3/b11-5+,12-10?. The Balaban J connectivity index is 3.01. The van der Waals surface area contributed by atoms with Crippen molar-refractivity contribution in [3.63, 3.8) is 0 Å². The molecule has 0 heterocycles. The molecule has 1 N–H and O–H groups in total. The van der Waals surface area contributed by atoms with Crippen molar-refractivity contribution in [1.29, 1.82) is 5.53 Å². The Bertz CT molecular complexity index is 320. The molecular weight excluding hydrogens is 149 g/mol. The number of hydrogen-bond acceptors (Lipinski definition) is 2. The zero-order valence-electron chi connectivity index (χ0n) is 7.20. The summed E-state index contributed by atoms with van der Waals surface area (Å²) in [7, 11) is 2.04. The third-order valence-corrected chi connectivity index (χ3v) is 1.68. The van der Waals surface area contributed by atoms with Crippen molar-refractivity contribution in [2.24, 2.45) is 10.3 Å². The molecule has 0 aromatic heterocycles. The first kappa shape index (κ1) is 8.65. The van der Waals surface area contributed by atoms with Gasteiger partial charge in [0.15, 0.2) is 0 Å². The molecule has 0 amide bonds. The number of hydrogen-bond donors (Lipinski definition) is 1. The molecule has 0 aliphatic carbocycles. The first-order chi connectivity index (χ1) is 5.74. The highest BCUT2D eigenvalue weighted by atomic mass is 15.3. The van der Waals surface area contributed by atoms with E-state index in [-0.39, 0.29) is 0 Å². The Kier molecular flexibility index (Phi) is 2.74. The molecule has 1 aromatic carbocycles. The molecular formula is C8H10BN3. The second-order valence-corrected chi connectivity index (χ2v) is 2.70. The summed E-state index contributed by atoms with van der Waals surface area (Å²) in [6.45, 7) is 2.01. The fourth-order valence-corrected chi connectivity index (χ4v) is 1.06. The van der Waals surface area contributed by atoms with Crippen LogP contribution in [0.2, 0.25) is 0 Å². The van der Waals surface area contributed by atoms with Gasteiger partial charge in [0.05, 0.1) is 6.21 Å². The molecule has 1 aromatic rings. The summed E-state index contributed by atoms with van der Waals surface area (Å²) in [6.07, 6.45) is 1.59. The summed E-state index contributed by atoms with van der Waals surface area (Å²) in [4.78, 5) is 0. The quantitative estimate of drug-likeness (QED) is 0.284. The maximum atomic E-state index is 6.49. The predicted octanol–water partition coefficient (Wildman–Crippen LogP) is 0.618. The van der Waals surface area contributed by atoms with Crippen LogP contribution in [0.1, 0.15) is 11.1 Å². The zero-order chi connectivity index (χ0) is 8.97. The van der Waals surface area contributed by atoms with E-state index in [1.807, 2.05) is 26.9 Å². The van der Waals surface area contributed by atoms with E-state index in [1.165, 1.54) is 5.46 Å². The summed E-state index contributed by atoms with van der Waals surface area (Å²) in [5.74, 6) is 0. The highest BCUT2D eigenvalue weighted by molar-refractivity contribution is 6.32. The minimum atomic E-state index is 1.01. The average molecular weight is 159 g/mol. The van der Waals surface area contributed by atoms with Gasteiger partial charge < -0.3 is 0 Å². The molecule has 0 bridgehead atoms. The molecule has 1 rings (SSSR count). The molecule has 12 heavy (non-hydrogen) atoms. The van der Waals surface area contributed by atoms with Crippen LogP contribution in [0.15, 0.2) is 28.5 Å². The second kappa shape index (κ2) is 3.81. The molecule has 60 valence electrons. The van der Waals surface area contributed by atoms with Gasteiger partial charge in [-0.05, 0) is 18.1 Å². The first-order valence-corrected chi connectivity index (χ1v) is 3.71. The molecule has 0 saturated heterocycles. The molecule has 0 unspecified atom stereocenters. The third-order valence-electron chi connectivity index (χ3n) is 1.68. The summed E-state index contributed by atoms with van der Waals surface area (Å²) >= 11 is 0. The molecule has 0 radical (unpaired) electrons. The van der Waals surface area contributed by atoms with Gasteiger partial charge in [-0.15, -0.1) is 5.10 Å². The lowest BCUT2D eigenvalue weighted by molar-refractivity contribution is 0.996. The van der Waals surface area contributed by atoms with Crippen molar-refractivity contribution in [1.82, 2.24) is 0 Å². The number of nitrogens with zero attached hydrogens (tertiary/aromatic N) is 2. The first-order valence-electron chi connectivity index (χ1n) is 3.71. The summed E-state index contributed by atoms with van der Waals surface area (Å²) in [5.41, 5.74) is 9.89. The van der Waals surface area contributed by atoms with Crippen molar-refractivity contribution in [3.05, 3.63) is 29.3 Å². The maximum absolute atomic E-state index is 6.49. The monoisotopic (exact) mass is 159 g/mol. The Morgan fingerprint density at radius 2 is 2.25 bits per heavy atom. The largest absolute Gasteiger partial charge is 0.185 e. The topological polar surface area (TPSA) is 48.6 Å². The highest BCUT2D eigenvalue weighted by Crippen LogP contribution is 2.01. The highest BCUT2D eigenvalue weighted by Gasteiger charge is 1.93. The van der Waals surface area contributed by atoms with Crippen molar-refractivity contribution < 1.29 is 0 Å². The van der Waals surface area contributed by atoms with Gasteiger partial charge in [-0.25, -0.2) is 0 Å². The number of aryl methyl sites for hydroxylation is 1. The fraction of sp³-hybridized carbons (Fsp3) is 0.125. The van der Waals surface area contributed by atoms with E-state index in [1.54, 1.807) is 6.21 Å². The van der Waals surface area contributed by atoms with E-state index in [0.29, 0.717) is 0 Å². The van der Waals surface area contributed by atoms with Gasteiger partial charge in [-0.1, -0.05) is 28.9 Å². The Hall–Kier alpha value is -1.45. The van der Waals surface area contributed by atoms with E-state index in [0.717, 1.165) is 11.1 Å². The Morgan fingerprint density at radius 3 is 2.83 bits per heavy atom. The van der Waals surface area contributed by atoms with Crippen LogP contribution in [0.5, 0.6) is 0 Å². The average Bonchev–Trinajstić information content (AvgIpc) is 2.03. The van der Waals surface area contributed by atoms with Gasteiger partial charge >= 0.3 is 0 Å². The van der Waals surface area contributed by atoms with Crippen molar-refractivity contribution >= 4 is 19.5 Å². The number of benzene rings is 1. The molecule has 0 atom stereocenters. The van der Waals surface area contributed by atoms with Crippen LogP contribution in [0, 0.1) is 12.5 Å². The summed E-state index contributed by atoms with van der Waals surface area (Å²) in [6, 6.07) is 6.06. The van der Waals surface area contributed by atoms with Crippen molar-refractivity contribution in [2.45, 2.75) is 6.92 Å². The molecule has 0 aliphatic heterocycles. The van der Waals surface area contributed by atoms with Crippen LogP contribution >= 0.6 is 0 Å². The third kappa shape index (κ3) is 2.02. The van der Waals surface area contributed by atoms with Crippen LogP contribution in [-0.2, 0) is 0 Å². The Morgan fingerprint density at radius 1 is 1.50 bits per heavy atom. The molecule has 0 saturated carbocycles. The van der Waals surface area contributed by atoms with Gasteiger partial charge in [-0.3, -0.25) is 0 Å². The van der Waals surface area contributed by atoms with Gasteiger partial charge in [0.2, 0.25) is 0 Å². The lowest BCUT2D eigenvalue weighted by atomic mass is 9.93. The zero-order valence-corrected chi connectivity index (χ0v) is 7.20. The smallest absolute Gasteiger partial charge is 0.139 e. The van der Waals surface area contributed by atoms with Crippen LogP contribution in [0.3, 0.4) is 0 Å². The van der Waals surface area contributed by atoms with Crippen molar-refractivity contribution in [2.75, 3.05) is 0 Å². The van der Waals surface area contributed by atoms with Crippen LogP contribution in [0.4, 0.5) is 0 Å². The van der Waals surface area contributed by atoms with Crippen LogP contribution in [-0.4, -0.2) is 14.1 Å². The summed E-state index contributed by atoms with van der Waals surface area (Å²) in [5, 5.41) is 6.41. The van der Waals surface area contributed by atoms with E-state index < -0.39 is 0 Å². The molecule has 4 heteroatoms. The minimum Gasteiger partial charge on any atom is -0.185 e. The molecule has 0 fully saturated rings. The Labute approximate surface area is 72.4 Å². The minimum absolute atomic E-state index is 1.01. The van der Waals surface area contributed by atoms with E-state index in [4.69, 9.17) is 5.53 Å². The second-order valence-electron chi connectivity index (χ2n) is 2.70. The lowest BCUT2D eigenvalue weighted by Crippen LogP contribution is -2.03. The van der Waals surface area contributed by atoms with Gasteiger partial charge in [0, 0.05) is 0 Å². The fourth-order valence-electron chi connectivity index (χ4n) is 1.06. The number of rotatable bonds is 2. The molecule has 0 aliphatic rings. The lowest BCUT2D eigenvalue weighted by Gasteiger charge is -1.99. The maximum Gasteiger partial charge on any atom is 0.139 e. The van der Waals surface area contributed by atoms with Crippen molar-refractivity contribution in [3.8, 4) is 0 Å². The van der Waals surface area contributed by atoms with Gasteiger partial charge in [0.25, 0.3) is 0 Å². The SMILES string of the molecule is Bc1ccc(/C=N/N=N)c(C)c1.